The molecular weight excluding hydrogens is 267 g/mol. The molecule has 0 fully saturated rings. The van der Waals surface area contributed by atoms with Crippen molar-refractivity contribution < 1.29 is 4.79 Å². The molecule has 0 aromatic heterocycles. The van der Waals surface area contributed by atoms with Gasteiger partial charge >= 0.3 is 0 Å². The van der Waals surface area contributed by atoms with E-state index in [2.05, 4.69) is 17.5 Å². The summed E-state index contributed by atoms with van der Waals surface area (Å²) in [4.78, 5) is 11.7. The number of carbonyl (C=O) groups is 1. The summed E-state index contributed by atoms with van der Waals surface area (Å²) < 4.78 is 0. The van der Waals surface area contributed by atoms with Crippen LogP contribution in [0.4, 0.5) is 0 Å². The molecule has 0 saturated heterocycles. The van der Waals surface area contributed by atoms with E-state index in [0.29, 0.717) is 10.0 Å². The van der Waals surface area contributed by atoms with Crippen LogP contribution in [0.2, 0.25) is 10.0 Å². The monoisotopic (exact) mass is 276 g/mol. The van der Waals surface area contributed by atoms with E-state index in [1.165, 1.54) is 0 Å². The fourth-order valence-corrected chi connectivity index (χ4v) is 1.48. The van der Waals surface area contributed by atoms with E-state index in [0.717, 1.165) is 5.56 Å². The molecule has 6 heteroatoms. The first-order valence-corrected chi connectivity index (χ1v) is 5.64. The second kappa shape index (κ2) is 6.03. The average Bonchev–Trinajstić information content (AvgIpc) is 2.21. The second-order valence-corrected chi connectivity index (χ2v) is 4.51. The van der Waals surface area contributed by atoms with Gasteiger partial charge in [0, 0.05) is 0 Å². The van der Waals surface area contributed by atoms with Gasteiger partial charge in [-0.1, -0.05) is 41.5 Å². The topological polar surface area (TPSA) is 55.1 Å². The lowest BCUT2D eigenvalue weighted by molar-refractivity contribution is -0.120. The smallest absolute Gasteiger partial charge is 0.224 e. The molecule has 3 N–H and O–H groups in total. The first kappa shape index (κ1) is 13.2. The van der Waals surface area contributed by atoms with Crippen LogP contribution in [-0.4, -0.2) is 17.4 Å². The van der Waals surface area contributed by atoms with Crippen LogP contribution in [0.15, 0.2) is 18.2 Å². The van der Waals surface area contributed by atoms with Gasteiger partial charge in [0.25, 0.3) is 0 Å². The maximum atomic E-state index is 11.4. The van der Waals surface area contributed by atoms with Gasteiger partial charge in [0.1, 0.15) is 0 Å². The zero-order valence-corrected chi connectivity index (χ0v) is 10.6. The van der Waals surface area contributed by atoms with Crippen LogP contribution >= 0.6 is 35.4 Å². The Morgan fingerprint density at radius 1 is 1.38 bits per heavy atom. The van der Waals surface area contributed by atoms with E-state index in [9.17, 15) is 4.79 Å². The molecule has 1 aromatic carbocycles. The number of hydrogen-bond acceptors (Lipinski definition) is 2. The van der Waals surface area contributed by atoms with E-state index >= 15 is 0 Å². The van der Waals surface area contributed by atoms with Crippen LogP contribution in [0, 0.1) is 0 Å². The Labute approximate surface area is 109 Å². The van der Waals surface area contributed by atoms with Crippen LogP contribution in [-0.2, 0) is 11.2 Å². The largest absolute Gasteiger partial charge is 0.392 e. The van der Waals surface area contributed by atoms with Crippen LogP contribution < -0.4 is 11.1 Å². The summed E-state index contributed by atoms with van der Waals surface area (Å²) in [5.74, 6) is -0.161. The summed E-state index contributed by atoms with van der Waals surface area (Å²) in [6, 6.07) is 5.05. The molecular formula is C10H10Cl2N2OS. The van der Waals surface area contributed by atoms with E-state index in [1.807, 2.05) is 0 Å². The van der Waals surface area contributed by atoms with Crippen molar-refractivity contribution in [2.45, 2.75) is 6.42 Å². The van der Waals surface area contributed by atoms with Crippen molar-refractivity contribution in [3.8, 4) is 0 Å². The number of benzene rings is 1. The maximum absolute atomic E-state index is 11.4. The lowest BCUT2D eigenvalue weighted by Gasteiger charge is -2.05. The third kappa shape index (κ3) is 4.35. The van der Waals surface area contributed by atoms with Gasteiger partial charge in [-0.25, -0.2) is 0 Å². The SMILES string of the molecule is NC(=S)CNC(=O)Cc1ccc(Cl)c(Cl)c1. The van der Waals surface area contributed by atoms with Gasteiger partial charge in [-0.3, -0.25) is 4.79 Å². The Bertz CT molecular complexity index is 423. The molecule has 0 saturated carbocycles. The number of rotatable bonds is 4. The lowest BCUT2D eigenvalue weighted by Crippen LogP contribution is -2.33. The highest BCUT2D eigenvalue weighted by Gasteiger charge is 2.05. The van der Waals surface area contributed by atoms with Gasteiger partial charge in [-0.05, 0) is 17.7 Å². The number of nitrogens with one attached hydrogen (secondary N) is 1. The normalized spacial score (nSPS) is 9.88. The Hall–Kier alpha value is -0.840. The highest BCUT2D eigenvalue weighted by Crippen LogP contribution is 2.22. The van der Waals surface area contributed by atoms with Gasteiger partial charge in [0.2, 0.25) is 5.91 Å². The highest BCUT2D eigenvalue weighted by molar-refractivity contribution is 7.80. The number of nitrogens with two attached hydrogens (primary N) is 1. The molecule has 1 aromatic rings. The summed E-state index contributed by atoms with van der Waals surface area (Å²) >= 11 is 16.2. The number of carbonyl (C=O) groups excluding carboxylic acids is 1. The summed E-state index contributed by atoms with van der Waals surface area (Å²) in [5, 5.41) is 3.48. The second-order valence-electron chi connectivity index (χ2n) is 3.17. The number of hydrogen-bond donors (Lipinski definition) is 2. The van der Waals surface area contributed by atoms with Gasteiger partial charge < -0.3 is 11.1 Å². The Morgan fingerprint density at radius 2 is 2.06 bits per heavy atom. The van der Waals surface area contributed by atoms with E-state index < -0.39 is 0 Å². The minimum atomic E-state index is -0.161. The maximum Gasteiger partial charge on any atom is 0.224 e. The van der Waals surface area contributed by atoms with Crippen LogP contribution in [0.5, 0.6) is 0 Å². The van der Waals surface area contributed by atoms with Crippen molar-refractivity contribution in [1.82, 2.24) is 5.32 Å². The molecule has 0 atom stereocenters. The zero-order chi connectivity index (χ0) is 12.1. The molecule has 3 nitrogen and oxygen atoms in total. The van der Waals surface area contributed by atoms with E-state index in [-0.39, 0.29) is 23.9 Å². The standard InChI is InChI=1S/C10H10Cl2N2OS/c11-7-2-1-6(3-8(7)12)4-10(15)14-5-9(13)16/h1-3H,4-5H2,(H2,13,16)(H,14,15). The predicted octanol–water partition coefficient (Wildman–Crippen LogP) is 1.94. The summed E-state index contributed by atoms with van der Waals surface area (Å²) in [5.41, 5.74) is 6.04. The van der Waals surface area contributed by atoms with Gasteiger partial charge in [0.05, 0.1) is 28.0 Å². The number of amides is 1. The fraction of sp³-hybridized carbons (Fsp3) is 0.200. The molecule has 0 aliphatic rings. The molecule has 0 aliphatic heterocycles. The molecule has 0 radical (unpaired) electrons. The molecule has 0 unspecified atom stereocenters. The minimum absolute atomic E-state index is 0.161. The summed E-state index contributed by atoms with van der Waals surface area (Å²) in [7, 11) is 0. The van der Waals surface area contributed by atoms with Gasteiger partial charge in [0.15, 0.2) is 0 Å². The van der Waals surface area contributed by atoms with E-state index in [4.69, 9.17) is 28.9 Å². The molecule has 86 valence electrons. The molecule has 0 bridgehead atoms. The molecule has 0 heterocycles. The zero-order valence-electron chi connectivity index (χ0n) is 8.30. The molecule has 1 rings (SSSR count). The first-order valence-electron chi connectivity index (χ1n) is 4.48. The summed E-state index contributed by atoms with van der Waals surface area (Å²) in [6.07, 6.45) is 0.222. The first-order chi connectivity index (χ1) is 7.49. The molecule has 0 spiro atoms. The third-order valence-electron chi connectivity index (χ3n) is 1.81. The fourth-order valence-electron chi connectivity index (χ4n) is 1.08. The van der Waals surface area contributed by atoms with Crippen molar-refractivity contribution >= 4 is 46.3 Å². The van der Waals surface area contributed by atoms with Crippen molar-refractivity contribution in [2.75, 3.05) is 6.54 Å². The van der Waals surface area contributed by atoms with Gasteiger partial charge in [-0.2, -0.15) is 0 Å². The van der Waals surface area contributed by atoms with Crippen molar-refractivity contribution in [3.63, 3.8) is 0 Å². The summed E-state index contributed by atoms with van der Waals surface area (Å²) in [6.45, 7) is 0.204. The molecule has 1 amide bonds. The van der Waals surface area contributed by atoms with Crippen LogP contribution in [0.1, 0.15) is 5.56 Å². The minimum Gasteiger partial charge on any atom is -0.392 e. The van der Waals surface area contributed by atoms with Crippen LogP contribution in [0.25, 0.3) is 0 Å². The van der Waals surface area contributed by atoms with Crippen molar-refractivity contribution in [1.29, 1.82) is 0 Å². The predicted molar refractivity (Wildman–Crippen MR) is 70.0 cm³/mol. The average molecular weight is 277 g/mol. The number of thiocarbonyl (C=S) groups is 1. The third-order valence-corrected chi connectivity index (χ3v) is 2.69. The molecule has 0 aliphatic carbocycles. The Morgan fingerprint density at radius 3 is 2.62 bits per heavy atom. The van der Waals surface area contributed by atoms with Crippen LogP contribution in [0.3, 0.4) is 0 Å². The van der Waals surface area contributed by atoms with Crippen molar-refractivity contribution in [2.24, 2.45) is 5.73 Å². The molecule has 16 heavy (non-hydrogen) atoms. The van der Waals surface area contributed by atoms with Gasteiger partial charge in [-0.15, -0.1) is 0 Å². The van der Waals surface area contributed by atoms with E-state index in [1.54, 1.807) is 18.2 Å². The quantitative estimate of drug-likeness (QED) is 0.827. The Kier molecular flexibility index (Phi) is 4.99. The number of halogens is 2. The lowest BCUT2D eigenvalue weighted by atomic mass is 10.1. The van der Waals surface area contributed by atoms with Crippen molar-refractivity contribution in [3.05, 3.63) is 33.8 Å². The Balaban J connectivity index is 2.56. The highest BCUT2D eigenvalue weighted by atomic mass is 35.5.